The molecule has 2 aliphatic rings. The van der Waals surface area contributed by atoms with Gasteiger partial charge in [-0.1, -0.05) is 38.1 Å². The molecule has 0 radical (unpaired) electrons. The van der Waals surface area contributed by atoms with Gasteiger partial charge in [0.1, 0.15) is 5.54 Å². The Bertz CT molecular complexity index is 701. The van der Waals surface area contributed by atoms with Gasteiger partial charge in [0.25, 0.3) is 0 Å². The predicted octanol–water partition coefficient (Wildman–Crippen LogP) is 1.96. The molecule has 148 valence electrons. The summed E-state index contributed by atoms with van der Waals surface area (Å²) in [5.74, 6) is 0.100. The molecule has 1 aliphatic carbocycles. The molecule has 1 aliphatic heterocycles. The van der Waals surface area contributed by atoms with Crippen molar-refractivity contribution >= 4 is 11.8 Å². The number of hydrogen-bond acceptors (Lipinski definition) is 4. The molecule has 3 N–H and O–H groups in total. The van der Waals surface area contributed by atoms with Crippen molar-refractivity contribution in [2.45, 2.75) is 64.8 Å². The molecule has 2 amide bonds. The van der Waals surface area contributed by atoms with Gasteiger partial charge in [-0.2, -0.15) is 0 Å². The van der Waals surface area contributed by atoms with E-state index in [2.05, 4.69) is 5.32 Å². The van der Waals surface area contributed by atoms with Crippen LogP contribution in [0.1, 0.15) is 51.2 Å². The van der Waals surface area contributed by atoms with Crippen LogP contribution < -0.4 is 11.1 Å². The molecular weight excluding hydrogens is 342 g/mol. The monoisotopic (exact) mass is 373 g/mol. The molecule has 27 heavy (non-hydrogen) atoms. The molecule has 1 aromatic rings. The largest absolute Gasteiger partial charge is 0.378 e. The number of hydrogen-bond donors (Lipinski definition) is 2. The van der Waals surface area contributed by atoms with Crippen molar-refractivity contribution in [1.82, 2.24) is 10.2 Å². The lowest BCUT2D eigenvalue weighted by molar-refractivity contribution is -0.170. The van der Waals surface area contributed by atoms with E-state index in [1.54, 1.807) is 0 Å². The smallest absolute Gasteiger partial charge is 0.241 e. The molecule has 2 unspecified atom stereocenters. The van der Waals surface area contributed by atoms with Crippen molar-refractivity contribution in [3.05, 3.63) is 35.4 Å². The third-order valence-corrected chi connectivity index (χ3v) is 6.26. The molecule has 6 nitrogen and oxygen atoms in total. The average molecular weight is 373 g/mol. The first-order valence-corrected chi connectivity index (χ1v) is 9.82. The van der Waals surface area contributed by atoms with Gasteiger partial charge < -0.3 is 20.7 Å². The van der Waals surface area contributed by atoms with Gasteiger partial charge in [-0.05, 0) is 24.5 Å². The summed E-state index contributed by atoms with van der Waals surface area (Å²) in [5.41, 5.74) is 7.24. The second-order valence-corrected chi connectivity index (χ2v) is 8.26. The molecular formula is C21H31N3O3. The van der Waals surface area contributed by atoms with E-state index in [0.717, 1.165) is 24.1 Å². The summed E-state index contributed by atoms with van der Waals surface area (Å²) >= 11 is 0. The van der Waals surface area contributed by atoms with E-state index < -0.39 is 5.54 Å². The summed E-state index contributed by atoms with van der Waals surface area (Å²) in [7, 11) is 0. The zero-order chi connectivity index (χ0) is 19.7. The molecule has 1 saturated carbocycles. The van der Waals surface area contributed by atoms with Gasteiger partial charge in [0.2, 0.25) is 11.8 Å². The average Bonchev–Trinajstić information content (AvgIpc) is 3.05. The van der Waals surface area contributed by atoms with Gasteiger partial charge in [0.05, 0.1) is 6.10 Å². The van der Waals surface area contributed by atoms with Crippen molar-refractivity contribution < 1.29 is 14.3 Å². The van der Waals surface area contributed by atoms with Gasteiger partial charge in [-0.3, -0.25) is 9.59 Å². The Morgan fingerprint density at radius 3 is 2.52 bits per heavy atom. The number of nitrogens with zero attached hydrogens (tertiary/aromatic N) is 1. The molecule has 6 heteroatoms. The van der Waals surface area contributed by atoms with E-state index in [1.807, 2.05) is 49.9 Å². The van der Waals surface area contributed by atoms with Crippen LogP contribution in [-0.4, -0.2) is 41.5 Å². The summed E-state index contributed by atoms with van der Waals surface area (Å²) < 4.78 is 5.69. The van der Waals surface area contributed by atoms with Crippen molar-refractivity contribution in [2.24, 2.45) is 11.1 Å². The maximum Gasteiger partial charge on any atom is 0.241 e. The molecule has 1 saturated heterocycles. The van der Waals surface area contributed by atoms with Gasteiger partial charge in [0, 0.05) is 44.5 Å². The first kappa shape index (κ1) is 19.8. The van der Waals surface area contributed by atoms with Crippen molar-refractivity contribution in [3.8, 4) is 0 Å². The predicted molar refractivity (Wildman–Crippen MR) is 104 cm³/mol. The Balaban J connectivity index is 1.52. The first-order chi connectivity index (χ1) is 12.8. The fourth-order valence-corrected chi connectivity index (χ4v) is 4.01. The number of likely N-dealkylation sites (tertiary alicyclic amines) is 1. The summed E-state index contributed by atoms with van der Waals surface area (Å²) in [4.78, 5) is 26.3. The minimum absolute atomic E-state index is 0.0193. The van der Waals surface area contributed by atoms with E-state index in [-0.39, 0.29) is 23.3 Å². The molecule has 1 heterocycles. The van der Waals surface area contributed by atoms with Crippen molar-refractivity contribution in [1.29, 1.82) is 0 Å². The lowest BCUT2D eigenvalue weighted by atomic mass is 9.54. The SMILES string of the molecule is CCOC1CC(N)(C(=O)NCc2ccc(CN3CCCC3=O)cc2)C1(C)C. The fraction of sp³-hybridized carbons (Fsp3) is 0.619. The Labute approximate surface area is 161 Å². The summed E-state index contributed by atoms with van der Waals surface area (Å²) in [5, 5.41) is 2.98. The highest BCUT2D eigenvalue weighted by Gasteiger charge is 2.62. The number of carbonyl (C=O) groups excluding carboxylic acids is 2. The molecule has 2 atom stereocenters. The second-order valence-electron chi connectivity index (χ2n) is 8.26. The summed E-state index contributed by atoms with van der Waals surface area (Å²) in [6.07, 6.45) is 2.17. The van der Waals surface area contributed by atoms with E-state index >= 15 is 0 Å². The third kappa shape index (κ3) is 3.73. The highest BCUT2D eigenvalue weighted by Crippen LogP contribution is 2.49. The van der Waals surface area contributed by atoms with E-state index in [9.17, 15) is 9.59 Å². The van der Waals surface area contributed by atoms with Crippen LogP contribution in [0.25, 0.3) is 0 Å². The third-order valence-electron chi connectivity index (χ3n) is 6.26. The van der Waals surface area contributed by atoms with Gasteiger partial charge >= 0.3 is 0 Å². The van der Waals surface area contributed by atoms with Crippen LogP contribution in [0.5, 0.6) is 0 Å². The highest BCUT2D eigenvalue weighted by atomic mass is 16.5. The molecule has 0 aromatic heterocycles. The van der Waals surface area contributed by atoms with Crippen LogP contribution in [0.3, 0.4) is 0 Å². The van der Waals surface area contributed by atoms with Gasteiger partial charge in [0.15, 0.2) is 0 Å². The topological polar surface area (TPSA) is 84.7 Å². The van der Waals surface area contributed by atoms with Crippen LogP contribution in [-0.2, 0) is 27.4 Å². The lowest BCUT2D eigenvalue weighted by Crippen LogP contribution is -2.75. The molecule has 0 spiro atoms. The van der Waals surface area contributed by atoms with Gasteiger partial charge in [-0.15, -0.1) is 0 Å². The zero-order valence-corrected chi connectivity index (χ0v) is 16.6. The number of benzene rings is 1. The zero-order valence-electron chi connectivity index (χ0n) is 16.6. The Morgan fingerprint density at radius 2 is 1.96 bits per heavy atom. The van der Waals surface area contributed by atoms with Crippen LogP contribution in [0, 0.1) is 5.41 Å². The molecule has 3 rings (SSSR count). The first-order valence-electron chi connectivity index (χ1n) is 9.82. The highest BCUT2D eigenvalue weighted by molar-refractivity contribution is 5.88. The lowest BCUT2D eigenvalue weighted by Gasteiger charge is -2.57. The molecule has 1 aromatic carbocycles. The maximum atomic E-state index is 12.7. The molecule has 2 fully saturated rings. The number of carbonyl (C=O) groups is 2. The van der Waals surface area contributed by atoms with Crippen molar-refractivity contribution in [3.63, 3.8) is 0 Å². The summed E-state index contributed by atoms with van der Waals surface area (Å²) in [6.45, 7) is 8.50. The fourth-order valence-electron chi connectivity index (χ4n) is 4.01. The Morgan fingerprint density at radius 1 is 1.30 bits per heavy atom. The normalized spacial score (nSPS) is 26.7. The van der Waals surface area contributed by atoms with Crippen LogP contribution in [0.4, 0.5) is 0 Å². The van der Waals surface area contributed by atoms with E-state index in [1.165, 1.54) is 0 Å². The van der Waals surface area contributed by atoms with Crippen LogP contribution in [0.15, 0.2) is 24.3 Å². The Kier molecular flexibility index (Phi) is 5.58. The van der Waals surface area contributed by atoms with E-state index in [0.29, 0.717) is 32.5 Å². The number of rotatable bonds is 7. The summed E-state index contributed by atoms with van der Waals surface area (Å²) in [6, 6.07) is 8.02. The Hall–Kier alpha value is -1.92. The quantitative estimate of drug-likeness (QED) is 0.765. The van der Waals surface area contributed by atoms with Crippen molar-refractivity contribution in [2.75, 3.05) is 13.2 Å². The number of nitrogens with one attached hydrogen (secondary N) is 1. The maximum absolute atomic E-state index is 12.7. The van der Waals surface area contributed by atoms with E-state index in [4.69, 9.17) is 10.5 Å². The molecule has 0 bridgehead atoms. The number of amides is 2. The van der Waals surface area contributed by atoms with Crippen LogP contribution in [0.2, 0.25) is 0 Å². The van der Waals surface area contributed by atoms with Gasteiger partial charge in [-0.25, -0.2) is 0 Å². The second kappa shape index (κ2) is 7.60. The number of nitrogens with two attached hydrogens (primary N) is 1. The van der Waals surface area contributed by atoms with Crippen LogP contribution >= 0.6 is 0 Å². The standard InChI is InChI=1S/C21H31N3O3/c1-4-27-17-12-21(22,20(17,2)3)19(26)23-13-15-7-9-16(10-8-15)14-24-11-5-6-18(24)25/h7-10,17H,4-6,11-14,22H2,1-3H3,(H,23,26). The minimum atomic E-state index is -0.900. The number of ether oxygens (including phenoxy) is 1. The minimum Gasteiger partial charge on any atom is -0.378 e.